The lowest BCUT2D eigenvalue weighted by atomic mass is 9.89. The van der Waals surface area contributed by atoms with Crippen LogP contribution >= 0.6 is 11.6 Å². The summed E-state index contributed by atoms with van der Waals surface area (Å²) in [6.07, 6.45) is 2.38. The van der Waals surface area contributed by atoms with Gasteiger partial charge >= 0.3 is 0 Å². The van der Waals surface area contributed by atoms with E-state index in [1.807, 2.05) is 25.2 Å². The summed E-state index contributed by atoms with van der Waals surface area (Å²) in [5.41, 5.74) is 1.26. The molecular weight excluding hydrogens is 222 g/mol. The quantitative estimate of drug-likeness (QED) is 0.876. The summed E-state index contributed by atoms with van der Waals surface area (Å²) in [6, 6.07) is 8.43. The summed E-state index contributed by atoms with van der Waals surface area (Å²) >= 11 is 6.03. The summed E-state index contributed by atoms with van der Waals surface area (Å²) in [5.74, 6) is 0.553. The normalized spacial score (nSPS) is 23.0. The molecule has 0 aliphatic carbocycles. The van der Waals surface area contributed by atoms with Crippen molar-refractivity contribution in [3.63, 3.8) is 0 Å². The van der Waals surface area contributed by atoms with Gasteiger partial charge in [0.15, 0.2) is 0 Å². The van der Waals surface area contributed by atoms with Crippen LogP contribution < -0.4 is 5.32 Å². The van der Waals surface area contributed by atoms with Gasteiger partial charge in [0, 0.05) is 23.6 Å². The zero-order valence-corrected chi connectivity index (χ0v) is 10.3. The molecule has 88 valence electrons. The van der Waals surface area contributed by atoms with Crippen LogP contribution in [-0.2, 0) is 4.74 Å². The van der Waals surface area contributed by atoms with Gasteiger partial charge in [-0.25, -0.2) is 0 Å². The Morgan fingerprint density at radius 1 is 1.50 bits per heavy atom. The van der Waals surface area contributed by atoms with Gasteiger partial charge in [0.1, 0.15) is 0 Å². The summed E-state index contributed by atoms with van der Waals surface area (Å²) in [6.45, 7) is 1.75. The average Bonchev–Trinajstić information content (AvgIpc) is 2.31. The molecule has 2 unspecified atom stereocenters. The Balaban J connectivity index is 2.14. The molecule has 1 aliphatic heterocycles. The van der Waals surface area contributed by atoms with Crippen molar-refractivity contribution in [3.05, 3.63) is 34.9 Å². The third-order valence-electron chi connectivity index (χ3n) is 3.19. The largest absolute Gasteiger partial charge is 0.381 e. The lowest BCUT2D eigenvalue weighted by Crippen LogP contribution is -2.31. The molecule has 1 N–H and O–H groups in total. The molecule has 1 aromatic rings. The van der Waals surface area contributed by atoms with Crippen LogP contribution in [0.5, 0.6) is 0 Å². The van der Waals surface area contributed by atoms with E-state index >= 15 is 0 Å². The molecule has 0 bridgehead atoms. The van der Waals surface area contributed by atoms with Gasteiger partial charge in [-0.15, -0.1) is 0 Å². The number of rotatable bonds is 3. The zero-order chi connectivity index (χ0) is 11.4. The minimum absolute atomic E-state index is 0.346. The third kappa shape index (κ3) is 2.76. The van der Waals surface area contributed by atoms with E-state index in [4.69, 9.17) is 16.3 Å². The maximum Gasteiger partial charge on any atom is 0.0512 e. The molecule has 1 heterocycles. The number of nitrogens with one attached hydrogen (secondary N) is 1. The molecule has 0 amide bonds. The van der Waals surface area contributed by atoms with Crippen molar-refractivity contribution in [2.45, 2.75) is 18.9 Å². The monoisotopic (exact) mass is 239 g/mol. The molecule has 2 rings (SSSR count). The summed E-state index contributed by atoms with van der Waals surface area (Å²) in [5, 5.41) is 4.18. The van der Waals surface area contributed by atoms with Crippen molar-refractivity contribution in [1.82, 2.24) is 5.32 Å². The van der Waals surface area contributed by atoms with E-state index in [0.717, 1.165) is 24.7 Å². The second-order valence-electron chi connectivity index (χ2n) is 4.30. The Hall–Kier alpha value is -0.570. The van der Waals surface area contributed by atoms with Crippen LogP contribution in [-0.4, -0.2) is 20.3 Å². The maximum atomic E-state index is 6.03. The molecule has 1 fully saturated rings. The van der Waals surface area contributed by atoms with E-state index in [-0.39, 0.29) is 0 Å². The highest BCUT2D eigenvalue weighted by Crippen LogP contribution is 2.29. The van der Waals surface area contributed by atoms with Gasteiger partial charge in [-0.3, -0.25) is 0 Å². The van der Waals surface area contributed by atoms with Gasteiger partial charge in [0.2, 0.25) is 0 Å². The molecule has 2 atom stereocenters. The third-order valence-corrected chi connectivity index (χ3v) is 3.42. The average molecular weight is 240 g/mol. The number of halogens is 1. The van der Waals surface area contributed by atoms with Crippen LogP contribution in [0, 0.1) is 5.92 Å². The number of ether oxygens (including phenoxy) is 1. The summed E-state index contributed by atoms with van der Waals surface area (Å²) in [4.78, 5) is 0. The van der Waals surface area contributed by atoms with E-state index in [9.17, 15) is 0 Å². The molecule has 3 heteroatoms. The Morgan fingerprint density at radius 2 is 2.38 bits per heavy atom. The van der Waals surface area contributed by atoms with Gasteiger partial charge in [0.05, 0.1) is 6.61 Å². The van der Waals surface area contributed by atoms with Crippen molar-refractivity contribution in [1.29, 1.82) is 0 Å². The lowest BCUT2D eigenvalue weighted by molar-refractivity contribution is 0.0402. The summed E-state index contributed by atoms with van der Waals surface area (Å²) in [7, 11) is 2.00. The standard InChI is InChI=1S/C13H18ClNO/c1-15-13(11-5-3-7-16-9-11)10-4-2-6-12(14)8-10/h2,4,6,8,11,13,15H,3,5,7,9H2,1H3. The Bertz CT molecular complexity index is 336. The predicted octanol–water partition coefficient (Wildman–Crippen LogP) is 3.03. The Kier molecular flexibility index (Phi) is 4.22. The Labute approximate surface area is 102 Å². The number of hydrogen-bond acceptors (Lipinski definition) is 2. The van der Waals surface area contributed by atoms with Crippen LogP contribution in [0.1, 0.15) is 24.4 Å². The fourth-order valence-corrected chi connectivity index (χ4v) is 2.60. The lowest BCUT2D eigenvalue weighted by Gasteiger charge is -2.30. The van der Waals surface area contributed by atoms with Crippen LogP contribution in [0.15, 0.2) is 24.3 Å². The second kappa shape index (κ2) is 5.67. The first kappa shape index (κ1) is 11.9. The molecular formula is C13H18ClNO. The van der Waals surface area contributed by atoms with Crippen molar-refractivity contribution >= 4 is 11.6 Å². The topological polar surface area (TPSA) is 21.3 Å². The highest BCUT2D eigenvalue weighted by molar-refractivity contribution is 6.30. The van der Waals surface area contributed by atoms with E-state index in [1.54, 1.807) is 0 Å². The maximum absolute atomic E-state index is 6.03. The Morgan fingerprint density at radius 3 is 3.00 bits per heavy atom. The van der Waals surface area contributed by atoms with E-state index in [0.29, 0.717) is 12.0 Å². The fraction of sp³-hybridized carbons (Fsp3) is 0.538. The molecule has 1 saturated heterocycles. The van der Waals surface area contributed by atoms with Crippen molar-refractivity contribution in [2.75, 3.05) is 20.3 Å². The first-order chi connectivity index (χ1) is 7.81. The van der Waals surface area contributed by atoms with Crippen molar-refractivity contribution < 1.29 is 4.74 Å². The highest BCUT2D eigenvalue weighted by atomic mass is 35.5. The number of benzene rings is 1. The minimum Gasteiger partial charge on any atom is -0.381 e. The van der Waals surface area contributed by atoms with Crippen LogP contribution in [0.3, 0.4) is 0 Å². The predicted molar refractivity (Wildman–Crippen MR) is 66.8 cm³/mol. The SMILES string of the molecule is CNC(c1cccc(Cl)c1)C1CCCOC1. The molecule has 0 saturated carbocycles. The van der Waals surface area contributed by atoms with Crippen LogP contribution in [0.4, 0.5) is 0 Å². The van der Waals surface area contributed by atoms with E-state index in [2.05, 4.69) is 11.4 Å². The molecule has 2 nitrogen and oxygen atoms in total. The fourth-order valence-electron chi connectivity index (χ4n) is 2.40. The minimum atomic E-state index is 0.346. The van der Waals surface area contributed by atoms with Gasteiger partial charge in [-0.1, -0.05) is 23.7 Å². The van der Waals surface area contributed by atoms with Crippen LogP contribution in [0.2, 0.25) is 5.02 Å². The smallest absolute Gasteiger partial charge is 0.0512 e. The van der Waals surface area contributed by atoms with Gasteiger partial charge in [-0.2, -0.15) is 0 Å². The summed E-state index contributed by atoms with van der Waals surface area (Å²) < 4.78 is 5.54. The molecule has 0 aromatic heterocycles. The van der Waals surface area contributed by atoms with Crippen molar-refractivity contribution in [2.24, 2.45) is 5.92 Å². The van der Waals surface area contributed by atoms with Crippen LogP contribution in [0.25, 0.3) is 0 Å². The second-order valence-corrected chi connectivity index (χ2v) is 4.74. The zero-order valence-electron chi connectivity index (χ0n) is 9.58. The van der Waals surface area contributed by atoms with E-state index < -0.39 is 0 Å². The molecule has 1 aliphatic rings. The molecule has 0 spiro atoms. The molecule has 16 heavy (non-hydrogen) atoms. The van der Waals surface area contributed by atoms with Crippen molar-refractivity contribution in [3.8, 4) is 0 Å². The number of hydrogen-bond donors (Lipinski definition) is 1. The van der Waals surface area contributed by atoms with Gasteiger partial charge < -0.3 is 10.1 Å². The highest BCUT2D eigenvalue weighted by Gasteiger charge is 2.24. The van der Waals surface area contributed by atoms with Gasteiger partial charge in [0.25, 0.3) is 0 Å². The van der Waals surface area contributed by atoms with Gasteiger partial charge in [-0.05, 0) is 37.6 Å². The van der Waals surface area contributed by atoms with E-state index in [1.165, 1.54) is 12.0 Å². The molecule has 1 aromatic carbocycles. The first-order valence-corrected chi connectivity index (χ1v) is 6.19. The first-order valence-electron chi connectivity index (χ1n) is 5.81. The molecule has 0 radical (unpaired) electrons.